The summed E-state index contributed by atoms with van der Waals surface area (Å²) in [6, 6.07) is 0.720. The molecule has 0 saturated carbocycles. The molecule has 1 aliphatic heterocycles. The second-order valence-electron chi connectivity index (χ2n) is 4.00. The summed E-state index contributed by atoms with van der Waals surface area (Å²) in [7, 11) is 2.21. The van der Waals surface area contributed by atoms with Crippen LogP contribution < -0.4 is 5.32 Å². The first-order valence-electron chi connectivity index (χ1n) is 5.37. The molecule has 0 bridgehead atoms. The van der Waals surface area contributed by atoms with Gasteiger partial charge in [-0.2, -0.15) is 0 Å². The second kappa shape index (κ2) is 5.58. The van der Waals surface area contributed by atoms with E-state index in [1.54, 1.807) is 0 Å². The highest BCUT2D eigenvalue weighted by atomic mass is 15.3. The summed E-state index contributed by atoms with van der Waals surface area (Å²) in [6.07, 6.45) is 0. The summed E-state index contributed by atoms with van der Waals surface area (Å²) < 4.78 is 0. The highest BCUT2D eigenvalue weighted by molar-refractivity contribution is 4.77. The fourth-order valence-electron chi connectivity index (χ4n) is 1.91. The molecule has 3 nitrogen and oxygen atoms in total. The molecule has 0 amide bonds. The van der Waals surface area contributed by atoms with E-state index in [0.717, 1.165) is 19.1 Å². The van der Waals surface area contributed by atoms with E-state index in [4.69, 9.17) is 0 Å². The van der Waals surface area contributed by atoms with Gasteiger partial charge in [-0.05, 0) is 20.5 Å². The maximum Gasteiger partial charge on any atom is 0.0195 e. The van der Waals surface area contributed by atoms with Gasteiger partial charge in [0.1, 0.15) is 0 Å². The Morgan fingerprint density at radius 3 is 2.77 bits per heavy atom. The second-order valence-corrected chi connectivity index (χ2v) is 4.00. The number of hydrogen-bond acceptors (Lipinski definition) is 3. The first kappa shape index (κ1) is 11.0. The quantitative estimate of drug-likeness (QED) is 0.633. The highest BCUT2D eigenvalue weighted by Gasteiger charge is 2.20. The molecule has 0 aromatic carbocycles. The van der Waals surface area contributed by atoms with Crippen LogP contribution in [0.25, 0.3) is 0 Å². The van der Waals surface area contributed by atoms with Crippen molar-refractivity contribution in [2.24, 2.45) is 0 Å². The van der Waals surface area contributed by atoms with Crippen LogP contribution in [0.1, 0.15) is 13.8 Å². The highest BCUT2D eigenvalue weighted by Crippen LogP contribution is 2.06. The Morgan fingerprint density at radius 1 is 1.38 bits per heavy atom. The van der Waals surface area contributed by atoms with Crippen LogP contribution in [0.2, 0.25) is 0 Å². The van der Waals surface area contributed by atoms with Gasteiger partial charge < -0.3 is 10.2 Å². The third-order valence-corrected chi connectivity index (χ3v) is 2.79. The van der Waals surface area contributed by atoms with Crippen LogP contribution in [0.4, 0.5) is 0 Å². The van der Waals surface area contributed by atoms with Crippen LogP contribution >= 0.6 is 0 Å². The molecule has 1 N–H and O–H groups in total. The normalized spacial score (nSPS) is 26.5. The van der Waals surface area contributed by atoms with Crippen molar-refractivity contribution in [1.29, 1.82) is 0 Å². The van der Waals surface area contributed by atoms with Crippen molar-refractivity contribution in [2.45, 2.75) is 19.9 Å². The molecule has 0 radical (unpaired) electrons. The van der Waals surface area contributed by atoms with Crippen LogP contribution in [0, 0.1) is 0 Å². The van der Waals surface area contributed by atoms with Gasteiger partial charge in [0, 0.05) is 38.8 Å². The van der Waals surface area contributed by atoms with E-state index in [-0.39, 0.29) is 0 Å². The predicted octanol–water partition coefficient (Wildman–Crippen LogP) is 0.232. The number of nitrogens with one attached hydrogen (secondary N) is 1. The van der Waals surface area contributed by atoms with Crippen molar-refractivity contribution in [2.75, 3.05) is 46.3 Å². The summed E-state index contributed by atoms with van der Waals surface area (Å²) >= 11 is 0. The lowest BCUT2D eigenvalue weighted by Gasteiger charge is -2.38. The Labute approximate surface area is 82.1 Å². The van der Waals surface area contributed by atoms with Gasteiger partial charge in [0.05, 0.1) is 0 Å². The number of likely N-dealkylation sites (N-methyl/N-ethyl adjacent to an activating group) is 2. The average Bonchev–Trinajstić information content (AvgIpc) is 2.09. The Hall–Kier alpha value is -0.120. The summed E-state index contributed by atoms with van der Waals surface area (Å²) in [5.74, 6) is 0. The van der Waals surface area contributed by atoms with Crippen molar-refractivity contribution < 1.29 is 0 Å². The zero-order chi connectivity index (χ0) is 9.68. The first-order chi connectivity index (χ1) is 6.24. The summed E-state index contributed by atoms with van der Waals surface area (Å²) in [6.45, 7) is 11.6. The molecular formula is C10H23N3. The molecule has 3 heteroatoms. The average molecular weight is 185 g/mol. The zero-order valence-corrected chi connectivity index (χ0v) is 9.21. The Morgan fingerprint density at radius 2 is 2.15 bits per heavy atom. The van der Waals surface area contributed by atoms with Gasteiger partial charge in [-0.1, -0.05) is 6.92 Å². The number of hydrogen-bond donors (Lipinski definition) is 1. The molecule has 1 heterocycles. The Kier molecular flexibility index (Phi) is 4.70. The Balaban J connectivity index is 2.18. The van der Waals surface area contributed by atoms with Gasteiger partial charge >= 0.3 is 0 Å². The maximum absolute atomic E-state index is 3.37. The largest absolute Gasteiger partial charge is 0.316 e. The number of nitrogens with zero attached hydrogens (tertiary/aromatic N) is 2. The lowest BCUT2D eigenvalue weighted by molar-refractivity contribution is 0.101. The molecule has 1 aliphatic rings. The third-order valence-electron chi connectivity index (χ3n) is 2.79. The van der Waals surface area contributed by atoms with Crippen LogP contribution in [0.15, 0.2) is 0 Å². The van der Waals surface area contributed by atoms with Crippen molar-refractivity contribution in [3.05, 3.63) is 0 Å². The summed E-state index contributed by atoms with van der Waals surface area (Å²) in [5.41, 5.74) is 0. The molecule has 1 atom stereocenters. The minimum absolute atomic E-state index is 0.720. The minimum Gasteiger partial charge on any atom is -0.316 e. The fraction of sp³-hybridized carbons (Fsp3) is 1.00. The van der Waals surface area contributed by atoms with Crippen molar-refractivity contribution in [3.63, 3.8) is 0 Å². The van der Waals surface area contributed by atoms with Crippen molar-refractivity contribution in [3.8, 4) is 0 Å². The monoisotopic (exact) mass is 185 g/mol. The molecule has 1 rings (SSSR count). The zero-order valence-electron chi connectivity index (χ0n) is 9.21. The van der Waals surface area contributed by atoms with E-state index in [9.17, 15) is 0 Å². The molecule has 0 spiro atoms. The lowest BCUT2D eigenvalue weighted by Crippen LogP contribution is -2.51. The molecule has 0 aromatic heterocycles. The van der Waals surface area contributed by atoms with E-state index in [0.29, 0.717) is 0 Å². The van der Waals surface area contributed by atoms with Gasteiger partial charge in [0.2, 0.25) is 0 Å². The molecule has 1 fully saturated rings. The van der Waals surface area contributed by atoms with Gasteiger partial charge in [-0.3, -0.25) is 4.90 Å². The van der Waals surface area contributed by atoms with E-state index in [2.05, 4.69) is 36.0 Å². The van der Waals surface area contributed by atoms with E-state index in [1.807, 2.05) is 0 Å². The van der Waals surface area contributed by atoms with Gasteiger partial charge in [-0.25, -0.2) is 0 Å². The van der Waals surface area contributed by atoms with Crippen LogP contribution in [0.3, 0.4) is 0 Å². The number of piperazine rings is 1. The van der Waals surface area contributed by atoms with Crippen molar-refractivity contribution in [1.82, 2.24) is 15.1 Å². The SMILES string of the molecule is CCNCCN1CCN(C)CC1C. The summed E-state index contributed by atoms with van der Waals surface area (Å²) in [4.78, 5) is 4.98. The fourth-order valence-corrected chi connectivity index (χ4v) is 1.91. The molecular weight excluding hydrogens is 162 g/mol. The lowest BCUT2D eigenvalue weighted by atomic mass is 10.2. The van der Waals surface area contributed by atoms with Gasteiger partial charge in [-0.15, -0.1) is 0 Å². The third kappa shape index (κ3) is 3.63. The van der Waals surface area contributed by atoms with E-state index >= 15 is 0 Å². The smallest absolute Gasteiger partial charge is 0.0195 e. The van der Waals surface area contributed by atoms with Crippen molar-refractivity contribution >= 4 is 0 Å². The molecule has 13 heavy (non-hydrogen) atoms. The van der Waals surface area contributed by atoms with Gasteiger partial charge in [0.25, 0.3) is 0 Å². The topological polar surface area (TPSA) is 18.5 Å². The summed E-state index contributed by atoms with van der Waals surface area (Å²) in [5, 5.41) is 3.37. The van der Waals surface area contributed by atoms with Crippen LogP contribution in [-0.4, -0.2) is 62.2 Å². The molecule has 78 valence electrons. The van der Waals surface area contributed by atoms with Crippen LogP contribution in [0.5, 0.6) is 0 Å². The minimum atomic E-state index is 0.720. The van der Waals surface area contributed by atoms with Gasteiger partial charge in [0.15, 0.2) is 0 Å². The molecule has 1 unspecified atom stereocenters. The van der Waals surface area contributed by atoms with Crippen LogP contribution in [-0.2, 0) is 0 Å². The maximum atomic E-state index is 3.37. The Bertz CT molecular complexity index is 138. The molecule has 0 aromatic rings. The van der Waals surface area contributed by atoms with E-state index in [1.165, 1.54) is 26.2 Å². The molecule has 0 aliphatic carbocycles. The predicted molar refractivity (Wildman–Crippen MR) is 57.1 cm³/mol. The van der Waals surface area contributed by atoms with E-state index < -0.39 is 0 Å². The number of rotatable bonds is 4. The standard InChI is InChI=1S/C10H23N3/c1-4-11-5-6-13-8-7-12(3)9-10(13)2/h10-11H,4-9H2,1-3H3. The molecule has 1 saturated heterocycles. The first-order valence-corrected chi connectivity index (χ1v) is 5.37.